The molecular weight excluding hydrogens is 515 g/mol. The third-order valence-corrected chi connectivity index (χ3v) is 7.46. The fourth-order valence-corrected chi connectivity index (χ4v) is 5.61. The number of aromatic nitrogens is 2. The predicted octanol–water partition coefficient (Wildman–Crippen LogP) is 6.59. The number of hydrogen-bond acceptors (Lipinski definition) is 5. The van der Waals surface area contributed by atoms with Crippen LogP contribution in [0.1, 0.15) is 55.3 Å². The van der Waals surface area contributed by atoms with Gasteiger partial charge < -0.3 is 15.6 Å². The van der Waals surface area contributed by atoms with Crippen molar-refractivity contribution in [1.82, 2.24) is 9.97 Å². The molecule has 1 heterocycles. The van der Waals surface area contributed by atoms with Gasteiger partial charge in [0.2, 0.25) is 0 Å². The van der Waals surface area contributed by atoms with Gasteiger partial charge >= 0.3 is 6.61 Å². The number of benzene rings is 1. The summed E-state index contributed by atoms with van der Waals surface area (Å²) in [6, 6.07) is 4.33. The second-order valence-corrected chi connectivity index (χ2v) is 10.6. The first-order chi connectivity index (χ1) is 17.9. The molecule has 1 aromatic heterocycles. The molecule has 1 unspecified atom stereocenters. The topological polar surface area (TPSA) is 81.3 Å². The highest BCUT2D eigenvalue weighted by Crippen LogP contribution is 2.51. The zero-order valence-electron chi connectivity index (χ0n) is 21.1. The van der Waals surface area contributed by atoms with E-state index in [1.807, 2.05) is 12.2 Å². The number of fused-ring (bicyclic) bond motifs is 1. The van der Waals surface area contributed by atoms with E-state index in [1.165, 1.54) is 18.3 Å². The first-order valence-corrected chi connectivity index (χ1v) is 12.6. The lowest BCUT2D eigenvalue weighted by molar-refractivity contribution is -0.0505. The molecule has 0 fully saturated rings. The number of ether oxygens (including phenoxy) is 1. The van der Waals surface area contributed by atoms with Crippen LogP contribution in [-0.2, 0) is 5.60 Å². The lowest BCUT2D eigenvalue weighted by Gasteiger charge is -2.24. The zero-order valence-corrected chi connectivity index (χ0v) is 21.9. The standard InChI is InChI=1S/C29H27ClF3N3O2/c1-14-21(13-35-27(36-14)29(2,3)37)17-8-7-15-9-18-19(10-16(15)11-23(17)31)24(34)12-20(18)26-22(30)5-4-6-25(26)38-28(32)33/h4-8,10-11,13,20,24,28,37H,9,12,34H2,1-3H3/t20?,24-/m0/s1. The molecule has 0 bridgehead atoms. The number of alkyl halides is 2. The van der Waals surface area contributed by atoms with Gasteiger partial charge in [-0.2, -0.15) is 8.78 Å². The maximum absolute atomic E-state index is 15.6. The van der Waals surface area contributed by atoms with Crippen molar-refractivity contribution in [2.75, 3.05) is 0 Å². The van der Waals surface area contributed by atoms with Crippen LogP contribution in [0.25, 0.3) is 5.57 Å². The zero-order chi connectivity index (χ0) is 27.4. The molecule has 5 nitrogen and oxygen atoms in total. The highest BCUT2D eigenvalue weighted by atomic mass is 35.5. The molecule has 0 radical (unpaired) electrons. The minimum Gasteiger partial charge on any atom is -0.434 e. The van der Waals surface area contributed by atoms with E-state index in [0.717, 1.165) is 16.7 Å². The Morgan fingerprint density at radius 2 is 1.97 bits per heavy atom. The van der Waals surface area contributed by atoms with E-state index in [4.69, 9.17) is 22.1 Å². The first-order valence-electron chi connectivity index (χ1n) is 12.2. The monoisotopic (exact) mass is 541 g/mol. The van der Waals surface area contributed by atoms with Crippen LogP contribution >= 0.6 is 11.6 Å². The largest absolute Gasteiger partial charge is 0.434 e. The number of aliphatic hydroxyl groups is 1. The molecule has 0 amide bonds. The lowest BCUT2D eigenvalue weighted by atomic mass is 9.83. The summed E-state index contributed by atoms with van der Waals surface area (Å²) in [6.45, 7) is 1.93. The summed E-state index contributed by atoms with van der Waals surface area (Å²) in [5.41, 5.74) is 10.5. The molecule has 3 aliphatic rings. The maximum atomic E-state index is 15.6. The van der Waals surface area contributed by atoms with Gasteiger partial charge in [-0.1, -0.05) is 35.4 Å². The molecule has 0 spiro atoms. The average Bonchev–Trinajstić information content (AvgIpc) is 3.03. The molecule has 3 aliphatic carbocycles. The molecule has 0 aliphatic heterocycles. The number of aryl methyl sites for hydroxylation is 1. The number of halogens is 4. The van der Waals surface area contributed by atoms with Crippen molar-refractivity contribution in [2.45, 2.75) is 57.8 Å². The maximum Gasteiger partial charge on any atom is 0.387 e. The van der Waals surface area contributed by atoms with Crippen molar-refractivity contribution in [2.24, 2.45) is 5.73 Å². The van der Waals surface area contributed by atoms with Gasteiger partial charge in [-0.3, -0.25) is 0 Å². The SMILES string of the molecule is Cc1nc(C(C)(C)O)ncc1C1=CC=C2CC3=C(C=C2C=C1F)[C@@H](N)CC3c1c(Cl)cccc1OC(F)F. The Kier molecular flexibility index (Phi) is 6.84. The van der Waals surface area contributed by atoms with Crippen LogP contribution in [0.4, 0.5) is 13.2 Å². The average molecular weight is 542 g/mol. The van der Waals surface area contributed by atoms with Gasteiger partial charge in [-0.15, -0.1) is 0 Å². The molecule has 5 rings (SSSR count). The minimum absolute atomic E-state index is 0.0289. The normalized spacial score (nSPS) is 21.3. The minimum atomic E-state index is -2.99. The van der Waals surface area contributed by atoms with Crippen molar-refractivity contribution in [3.63, 3.8) is 0 Å². The van der Waals surface area contributed by atoms with Gasteiger partial charge in [-0.05, 0) is 74.6 Å². The van der Waals surface area contributed by atoms with Gasteiger partial charge in [0.25, 0.3) is 0 Å². The molecule has 9 heteroatoms. The molecule has 2 aromatic rings. The van der Waals surface area contributed by atoms with E-state index in [2.05, 4.69) is 9.97 Å². The molecule has 2 atom stereocenters. The number of hydrogen-bond donors (Lipinski definition) is 2. The Bertz CT molecular complexity index is 1470. The molecule has 0 saturated heterocycles. The van der Waals surface area contributed by atoms with Crippen molar-refractivity contribution in [1.29, 1.82) is 0 Å². The lowest BCUT2D eigenvalue weighted by Crippen LogP contribution is -2.20. The van der Waals surface area contributed by atoms with E-state index >= 15 is 4.39 Å². The molecule has 0 saturated carbocycles. The van der Waals surface area contributed by atoms with Crippen LogP contribution < -0.4 is 10.5 Å². The molecule has 198 valence electrons. The van der Waals surface area contributed by atoms with Crippen LogP contribution in [-0.4, -0.2) is 27.7 Å². The third-order valence-electron chi connectivity index (χ3n) is 7.13. The van der Waals surface area contributed by atoms with Crippen LogP contribution in [0.3, 0.4) is 0 Å². The smallest absolute Gasteiger partial charge is 0.387 e. The molecule has 38 heavy (non-hydrogen) atoms. The molecular formula is C29H27ClF3N3O2. The Hall–Kier alpha value is -3.20. The van der Waals surface area contributed by atoms with Crippen LogP contribution in [0, 0.1) is 6.92 Å². The number of nitrogens with two attached hydrogens (primary N) is 1. The predicted molar refractivity (Wildman–Crippen MR) is 140 cm³/mol. The van der Waals surface area contributed by atoms with Gasteiger partial charge in [0.05, 0.1) is 0 Å². The van der Waals surface area contributed by atoms with Crippen molar-refractivity contribution < 1.29 is 23.0 Å². The molecule has 1 aromatic carbocycles. The van der Waals surface area contributed by atoms with Gasteiger partial charge in [0, 0.05) is 45.6 Å². The summed E-state index contributed by atoms with van der Waals surface area (Å²) in [7, 11) is 0. The summed E-state index contributed by atoms with van der Waals surface area (Å²) in [5, 5.41) is 10.6. The second kappa shape index (κ2) is 9.84. The quantitative estimate of drug-likeness (QED) is 0.446. The molecule has 3 N–H and O–H groups in total. The van der Waals surface area contributed by atoms with Crippen molar-refractivity contribution >= 4 is 17.2 Å². The van der Waals surface area contributed by atoms with Crippen LogP contribution in [0.15, 0.2) is 76.8 Å². The fraction of sp³-hybridized carbons (Fsp3) is 0.310. The number of allylic oxidation sites excluding steroid dienone is 8. The van der Waals surface area contributed by atoms with Gasteiger partial charge in [0.15, 0.2) is 5.82 Å². The summed E-state index contributed by atoms with van der Waals surface area (Å²) in [5.74, 6) is -0.480. The third kappa shape index (κ3) is 4.84. The van der Waals surface area contributed by atoms with Crippen molar-refractivity contribution in [3.8, 4) is 5.75 Å². The fourth-order valence-electron chi connectivity index (χ4n) is 5.31. The highest BCUT2D eigenvalue weighted by Gasteiger charge is 2.37. The van der Waals surface area contributed by atoms with E-state index in [0.29, 0.717) is 45.8 Å². The summed E-state index contributed by atoms with van der Waals surface area (Å²) in [6.07, 6.45) is 9.33. The Balaban J connectivity index is 1.53. The van der Waals surface area contributed by atoms with Crippen LogP contribution in [0.2, 0.25) is 5.02 Å². The summed E-state index contributed by atoms with van der Waals surface area (Å²) in [4.78, 5) is 8.62. The Labute approximate surface area is 223 Å². The van der Waals surface area contributed by atoms with E-state index in [9.17, 15) is 13.9 Å². The number of nitrogens with zero attached hydrogens (tertiary/aromatic N) is 2. The van der Waals surface area contributed by atoms with Crippen LogP contribution in [0.5, 0.6) is 5.75 Å². The van der Waals surface area contributed by atoms with Crippen molar-refractivity contribution in [3.05, 3.63) is 104 Å². The Morgan fingerprint density at radius 3 is 2.66 bits per heavy atom. The summed E-state index contributed by atoms with van der Waals surface area (Å²) >= 11 is 6.48. The highest BCUT2D eigenvalue weighted by molar-refractivity contribution is 6.31. The number of rotatable bonds is 5. The first kappa shape index (κ1) is 26.4. The van der Waals surface area contributed by atoms with E-state index in [1.54, 1.807) is 39.0 Å². The van der Waals surface area contributed by atoms with Gasteiger partial charge in [-0.25, -0.2) is 14.4 Å². The second-order valence-electron chi connectivity index (χ2n) is 10.2. The van der Waals surface area contributed by atoms with Gasteiger partial charge in [0.1, 0.15) is 17.2 Å². The Morgan fingerprint density at radius 1 is 1.21 bits per heavy atom. The van der Waals surface area contributed by atoms with E-state index < -0.39 is 18.0 Å². The van der Waals surface area contributed by atoms with E-state index in [-0.39, 0.29) is 23.5 Å². The summed E-state index contributed by atoms with van der Waals surface area (Å²) < 4.78 is 46.6.